The summed E-state index contributed by atoms with van der Waals surface area (Å²) in [7, 11) is 1.70. The molecule has 4 rings (SSSR count). The molecule has 1 aliphatic carbocycles. The van der Waals surface area contributed by atoms with Crippen LogP contribution in [-0.2, 0) is 19.4 Å². The number of aryl methyl sites for hydroxylation is 1. The quantitative estimate of drug-likeness (QED) is 0.765. The summed E-state index contributed by atoms with van der Waals surface area (Å²) in [5.41, 5.74) is 3.74. The van der Waals surface area contributed by atoms with Gasteiger partial charge in [-0.2, -0.15) is 4.98 Å². The minimum atomic E-state index is 0.651. The maximum Gasteiger partial charge on any atom is 0.228 e. The van der Waals surface area contributed by atoms with Gasteiger partial charge in [-0.25, -0.2) is 4.98 Å². The largest absolute Gasteiger partial charge is 0.497 e. The van der Waals surface area contributed by atoms with Gasteiger partial charge in [0, 0.05) is 38.3 Å². The van der Waals surface area contributed by atoms with E-state index >= 15 is 0 Å². The Morgan fingerprint density at radius 3 is 2.43 bits per heavy atom. The normalized spacial score (nSPS) is 17.3. The number of fused-ring (bicyclic) bond motifs is 1. The van der Waals surface area contributed by atoms with Crippen molar-refractivity contribution < 1.29 is 9.47 Å². The maximum absolute atomic E-state index is 5.86. The predicted octanol–water partition coefficient (Wildman–Crippen LogP) is 3.08. The zero-order chi connectivity index (χ0) is 19.3. The van der Waals surface area contributed by atoms with E-state index in [-0.39, 0.29) is 0 Å². The summed E-state index contributed by atoms with van der Waals surface area (Å²) in [6.07, 6.45) is 4.51. The van der Waals surface area contributed by atoms with E-state index in [1.807, 2.05) is 19.1 Å². The lowest BCUT2D eigenvalue weighted by molar-refractivity contribution is 0.248. The lowest BCUT2D eigenvalue weighted by Crippen LogP contribution is -2.46. The van der Waals surface area contributed by atoms with E-state index in [2.05, 4.69) is 21.9 Å². The van der Waals surface area contributed by atoms with Crippen LogP contribution in [0.15, 0.2) is 24.3 Å². The Bertz CT molecular complexity index is 786. The van der Waals surface area contributed by atoms with Crippen LogP contribution in [0.3, 0.4) is 0 Å². The van der Waals surface area contributed by atoms with E-state index in [4.69, 9.17) is 19.4 Å². The molecule has 0 bridgehead atoms. The third kappa shape index (κ3) is 4.22. The third-order valence-corrected chi connectivity index (χ3v) is 5.63. The number of rotatable bonds is 6. The van der Waals surface area contributed by atoms with Crippen molar-refractivity contribution in [3.63, 3.8) is 0 Å². The lowest BCUT2D eigenvalue weighted by Gasteiger charge is -2.35. The smallest absolute Gasteiger partial charge is 0.228 e. The van der Waals surface area contributed by atoms with E-state index in [9.17, 15) is 0 Å². The first-order chi connectivity index (χ1) is 13.8. The minimum Gasteiger partial charge on any atom is -0.497 e. The molecular formula is C22H30N4O2. The van der Waals surface area contributed by atoms with Crippen LogP contribution < -0.4 is 14.4 Å². The standard InChI is InChI=1S/C22H30N4O2/c1-3-28-21-19-6-4-5-7-20(19)23-22(24-21)26-14-12-25(13-15-26)16-17-8-10-18(27-2)11-9-17/h8-11H,3-7,12-16H2,1-2H3. The van der Waals surface area contributed by atoms with Crippen LogP contribution in [0.5, 0.6) is 11.6 Å². The summed E-state index contributed by atoms with van der Waals surface area (Å²) >= 11 is 0. The Labute approximate surface area is 167 Å². The van der Waals surface area contributed by atoms with Crippen molar-refractivity contribution in [1.82, 2.24) is 14.9 Å². The van der Waals surface area contributed by atoms with Crippen LogP contribution in [0.1, 0.15) is 36.6 Å². The van der Waals surface area contributed by atoms with Gasteiger partial charge < -0.3 is 14.4 Å². The Morgan fingerprint density at radius 2 is 1.71 bits per heavy atom. The van der Waals surface area contributed by atoms with Crippen molar-refractivity contribution in [2.45, 2.75) is 39.2 Å². The molecule has 0 atom stereocenters. The van der Waals surface area contributed by atoms with Crippen LogP contribution in [0, 0.1) is 0 Å². The third-order valence-electron chi connectivity index (χ3n) is 5.63. The summed E-state index contributed by atoms with van der Waals surface area (Å²) in [5, 5.41) is 0. The van der Waals surface area contributed by atoms with Crippen molar-refractivity contribution in [3.8, 4) is 11.6 Å². The second-order valence-electron chi connectivity index (χ2n) is 7.51. The van der Waals surface area contributed by atoms with Gasteiger partial charge in [0.05, 0.1) is 19.4 Å². The highest BCUT2D eigenvalue weighted by atomic mass is 16.5. The number of methoxy groups -OCH3 is 1. The van der Waals surface area contributed by atoms with Crippen LogP contribution in [0.25, 0.3) is 0 Å². The predicted molar refractivity (Wildman–Crippen MR) is 110 cm³/mol. The molecule has 6 nitrogen and oxygen atoms in total. The van der Waals surface area contributed by atoms with Crippen LogP contribution in [0.2, 0.25) is 0 Å². The number of piperazine rings is 1. The number of ether oxygens (including phenoxy) is 2. The molecule has 1 aliphatic heterocycles. The molecule has 28 heavy (non-hydrogen) atoms. The highest BCUT2D eigenvalue weighted by molar-refractivity contribution is 5.42. The SMILES string of the molecule is CCOc1nc(N2CCN(Cc3ccc(OC)cc3)CC2)nc2c1CCCC2. The molecule has 2 aromatic rings. The first-order valence-corrected chi connectivity index (χ1v) is 10.4. The Hall–Kier alpha value is -2.34. The van der Waals surface area contributed by atoms with Gasteiger partial charge in [-0.3, -0.25) is 4.90 Å². The number of hydrogen-bond acceptors (Lipinski definition) is 6. The van der Waals surface area contributed by atoms with Crippen molar-refractivity contribution in [1.29, 1.82) is 0 Å². The summed E-state index contributed by atoms with van der Waals surface area (Å²) in [6, 6.07) is 8.35. The molecule has 1 fully saturated rings. The molecule has 150 valence electrons. The number of nitrogens with zero attached hydrogens (tertiary/aromatic N) is 4. The van der Waals surface area contributed by atoms with E-state index in [1.54, 1.807) is 7.11 Å². The molecule has 2 aliphatic rings. The van der Waals surface area contributed by atoms with Crippen LogP contribution in [-0.4, -0.2) is 54.8 Å². The molecule has 1 aromatic heterocycles. The molecular weight excluding hydrogens is 352 g/mol. The lowest BCUT2D eigenvalue weighted by atomic mass is 9.97. The molecule has 0 saturated carbocycles. The molecule has 2 heterocycles. The van der Waals surface area contributed by atoms with Gasteiger partial charge in [-0.05, 0) is 50.3 Å². The molecule has 6 heteroatoms. The van der Waals surface area contributed by atoms with Gasteiger partial charge in [0.2, 0.25) is 11.8 Å². The van der Waals surface area contributed by atoms with E-state index in [0.717, 1.165) is 63.1 Å². The monoisotopic (exact) mass is 382 g/mol. The second-order valence-corrected chi connectivity index (χ2v) is 7.51. The molecule has 0 unspecified atom stereocenters. The van der Waals surface area contributed by atoms with Gasteiger partial charge >= 0.3 is 0 Å². The van der Waals surface area contributed by atoms with Gasteiger partial charge in [-0.1, -0.05) is 12.1 Å². The molecule has 0 spiro atoms. The number of aromatic nitrogens is 2. The molecule has 1 aromatic carbocycles. The molecule has 0 N–H and O–H groups in total. The highest BCUT2D eigenvalue weighted by Crippen LogP contribution is 2.29. The average molecular weight is 383 g/mol. The van der Waals surface area contributed by atoms with E-state index in [1.165, 1.54) is 29.7 Å². The Morgan fingerprint density at radius 1 is 0.964 bits per heavy atom. The second kappa shape index (κ2) is 8.78. The minimum absolute atomic E-state index is 0.651. The van der Waals surface area contributed by atoms with Gasteiger partial charge in [0.1, 0.15) is 5.75 Å². The summed E-state index contributed by atoms with van der Waals surface area (Å²) in [4.78, 5) is 14.5. The first kappa shape index (κ1) is 19.0. The zero-order valence-corrected chi connectivity index (χ0v) is 17.0. The first-order valence-electron chi connectivity index (χ1n) is 10.4. The summed E-state index contributed by atoms with van der Waals surface area (Å²) < 4.78 is 11.1. The van der Waals surface area contributed by atoms with Crippen LogP contribution in [0.4, 0.5) is 5.95 Å². The van der Waals surface area contributed by atoms with Crippen molar-refractivity contribution in [2.24, 2.45) is 0 Å². The fraction of sp³-hybridized carbons (Fsp3) is 0.545. The summed E-state index contributed by atoms with van der Waals surface area (Å²) in [5.74, 6) is 2.55. The van der Waals surface area contributed by atoms with Crippen molar-refractivity contribution in [2.75, 3.05) is 44.8 Å². The van der Waals surface area contributed by atoms with E-state index in [0.29, 0.717) is 6.61 Å². The number of anilines is 1. The topological polar surface area (TPSA) is 50.7 Å². The summed E-state index contributed by atoms with van der Waals surface area (Å²) in [6.45, 7) is 7.55. The fourth-order valence-corrected chi connectivity index (χ4v) is 4.04. The van der Waals surface area contributed by atoms with Crippen LogP contribution >= 0.6 is 0 Å². The highest BCUT2D eigenvalue weighted by Gasteiger charge is 2.24. The maximum atomic E-state index is 5.86. The zero-order valence-electron chi connectivity index (χ0n) is 17.0. The van der Waals surface area contributed by atoms with Gasteiger partial charge in [-0.15, -0.1) is 0 Å². The molecule has 0 amide bonds. The number of benzene rings is 1. The number of hydrogen-bond donors (Lipinski definition) is 0. The molecule has 0 radical (unpaired) electrons. The average Bonchev–Trinajstić information content (AvgIpc) is 2.75. The fourth-order valence-electron chi connectivity index (χ4n) is 4.04. The molecule has 1 saturated heterocycles. The van der Waals surface area contributed by atoms with Gasteiger partial charge in [0.15, 0.2) is 0 Å². The van der Waals surface area contributed by atoms with Crippen molar-refractivity contribution >= 4 is 5.95 Å². The van der Waals surface area contributed by atoms with Crippen molar-refractivity contribution in [3.05, 3.63) is 41.1 Å². The Kier molecular flexibility index (Phi) is 5.95. The van der Waals surface area contributed by atoms with E-state index < -0.39 is 0 Å². The van der Waals surface area contributed by atoms with Gasteiger partial charge in [0.25, 0.3) is 0 Å². The Balaban J connectivity index is 1.41.